The Bertz CT molecular complexity index is 1380. The zero-order chi connectivity index (χ0) is 27.9. The van der Waals surface area contributed by atoms with Crippen molar-refractivity contribution < 1.29 is 22.7 Å². The van der Waals surface area contributed by atoms with Crippen LogP contribution >= 0.6 is 23.2 Å². The molecule has 0 saturated heterocycles. The molecule has 0 heterocycles. The monoisotopic (exact) mass is 577 g/mol. The summed E-state index contributed by atoms with van der Waals surface area (Å²) in [5.41, 5.74) is 0.824. The van der Waals surface area contributed by atoms with Gasteiger partial charge in [0.15, 0.2) is 0 Å². The molecule has 202 valence electrons. The molecule has 38 heavy (non-hydrogen) atoms. The predicted molar refractivity (Wildman–Crippen MR) is 149 cm³/mol. The molecule has 0 aliphatic rings. The van der Waals surface area contributed by atoms with Gasteiger partial charge in [0.1, 0.15) is 18.3 Å². The largest absolute Gasteiger partial charge is 0.497 e. The van der Waals surface area contributed by atoms with Crippen LogP contribution in [0, 0.1) is 0 Å². The summed E-state index contributed by atoms with van der Waals surface area (Å²) in [7, 11) is -1.26. The second kappa shape index (κ2) is 13.0. The standard InChI is InChI=1S/C27H29Cl2N3O5S/c1-4-25(27(34)30-2)31(17-19-8-5-6-11-24(19)29)26(33)18-32(21-10-7-9-20(28)16-21)38(35,36)23-14-12-22(37-3)13-15-23/h5-16,25H,4,17-18H2,1-3H3,(H,30,34). The lowest BCUT2D eigenvalue weighted by Gasteiger charge is -2.33. The number of nitrogens with zero attached hydrogens (tertiary/aromatic N) is 2. The molecule has 0 aromatic heterocycles. The molecular weight excluding hydrogens is 549 g/mol. The topological polar surface area (TPSA) is 96.0 Å². The number of methoxy groups -OCH3 is 1. The summed E-state index contributed by atoms with van der Waals surface area (Å²) in [6, 6.07) is 18.2. The Hall–Kier alpha value is -3.27. The van der Waals surface area contributed by atoms with Gasteiger partial charge in [-0.2, -0.15) is 0 Å². The van der Waals surface area contributed by atoms with Crippen molar-refractivity contribution in [2.45, 2.75) is 30.8 Å². The highest BCUT2D eigenvalue weighted by molar-refractivity contribution is 7.92. The summed E-state index contributed by atoms with van der Waals surface area (Å²) in [4.78, 5) is 27.9. The van der Waals surface area contributed by atoms with Gasteiger partial charge in [-0.1, -0.05) is 54.4 Å². The van der Waals surface area contributed by atoms with E-state index >= 15 is 0 Å². The SMILES string of the molecule is CCC(C(=O)NC)N(Cc1ccccc1Cl)C(=O)CN(c1cccc(Cl)c1)S(=O)(=O)c1ccc(OC)cc1. The fourth-order valence-electron chi connectivity index (χ4n) is 3.93. The number of ether oxygens (including phenoxy) is 1. The molecule has 1 unspecified atom stereocenters. The lowest BCUT2D eigenvalue weighted by Crippen LogP contribution is -2.51. The van der Waals surface area contributed by atoms with Crippen LogP contribution in [0.2, 0.25) is 10.0 Å². The molecule has 0 radical (unpaired) electrons. The lowest BCUT2D eigenvalue weighted by molar-refractivity contribution is -0.140. The maximum Gasteiger partial charge on any atom is 0.264 e. The van der Waals surface area contributed by atoms with Crippen molar-refractivity contribution in [2.75, 3.05) is 25.0 Å². The molecule has 11 heteroatoms. The van der Waals surface area contributed by atoms with E-state index in [2.05, 4.69) is 5.32 Å². The molecule has 1 N–H and O–H groups in total. The molecule has 1 atom stereocenters. The molecule has 0 aliphatic carbocycles. The Kier molecular flexibility index (Phi) is 10.0. The van der Waals surface area contributed by atoms with Gasteiger partial charge in [0.05, 0.1) is 17.7 Å². The smallest absolute Gasteiger partial charge is 0.264 e. The highest BCUT2D eigenvalue weighted by Crippen LogP contribution is 2.28. The van der Waals surface area contributed by atoms with Gasteiger partial charge in [-0.15, -0.1) is 0 Å². The molecule has 3 aromatic carbocycles. The van der Waals surface area contributed by atoms with Crippen LogP contribution < -0.4 is 14.4 Å². The Morgan fingerprint density at radius 2 is 1.68 bits per heavy atom. The van der Waals surface area contributed by atoms with Crippen LogP contribution in [-0.2, 0) is 26.2 Å². The van der Waals surface area contributed by atoms with Crippen LogP contribution in [-0.4, -0.2) is 51.9 Å². The van der Waals surface area contributed by atoms with Gasteiger partial charge in [0, 0.05) is 23.6 Å². The Labute approximate surface area is 233 Å². The van der Waals surface area contributed by atoms with E-state index in [0.29, 0.717) is 27.8 Å². The Morgan fingerprint density at radius 3 is 2.26 bits per heavy atom. The first-order chi connectivity index (χ1) is 18.1. The summed E-state index contributed by atoms with van der Waals surface area (Å²) in [5, 5.41) is 3.31. The zero-order valence-electron chi connectivity index (χ0n) is 21.2. The van der Waals surface area contributed by atoms with Gasteiger partial charge in [0.25, 0.3) is 10.0 Å². The van der Waals surface area contributed by atoms with Crippen molar-refractivity contribution in [3.8, 4) is 5.75 Å². The number of carbonyl (C=O) groups is 2. The Balaban J connectivity index is 2.07. The average Bonchev–Trinajstić information content (AvgIpc) is 2.92. The molecule has 0 fully saturated rings. The second-order valence-corrected chi connectivity index (χ2v) is 11.0. The van der Waals surface area contributed by atoms with Crippen LogP contribution in [0.25, 0.3) is 0 Å². The number of nitrogens with one attached hydrogen (secondary N) is 1. The van der Waals surface area contributed by atoms with Gasteiger partial charge in [0.2, 0.25) is 11.8 Å². The number of anilines is 1. The summed E-state index contributed by atoms with van der Waals surface area (Å²) in [6.07, 6.45) is 0.304. The quantitative estimate of drug-likeness (QED) is 0.354. The number of hydrogen-bond acceptors (Lipinski definition) is 5. The van der Waals surface area contributed by atoms with Gasteiger partial charge >= 0.3 is 0 Å². The molecule has 0 saturated carbocycles. The number of likely N-dealkylation sites (N-methyl/N-ethyl adjacent to an activating group) is 1. The summed E-state index contributed by atoms with van der Waals surface area (Å²) >= 11 is 12.5. The van der Waals surface area contributed by atoms with E-state index in [-0.39, 0.29) is 23.0 Å². The van der Waals surface area contributed by atoms with E-state index in [1.165, 1.54) is 49.4 Å². The minimum atomic E-state index is -4.22. The van der Waals surface area contributed by atoms with Crippen molar-refractivity contribution in [1.29, 1.82) is 0 Å². The number of hydrogen-bond donors (Lipinski definition) is 1. The van der Waals surface area contributed by atoms with E-state index in [1.54, 1.807) is 49.4 Å². The van der Waals surface area contributed by atoms with Gasteiger partial charge in [-0.3, -0.25) is 13.9 Å². The van der Waals surface area contributed by atoms with E-state index in [1.807, 2.05) is 0 Å². The van der Waals surface area contributed by atoms with Gasteiger partial charge in [-0.05, 0) is 60.5 Å². The number of carbonyl (C=O) groups excluding carboxylic acids is 2. The average molecular weight is 579 g/mol. The molecule has 0 bridgehead atoms. The van der Waals surface area contributed by atoms with Crippen LogP contribution in [0.4, 0.5) is 5.69 Å². The van der Waals surface area contributed by atoms with Crippen molar-refractivity contribution in [2.24, 2.45) is 0 Å². The first-order valence-electron chi connectivity index (χ1n) is 11.8. The molecule has 3 rings (SSSR count). The van der Waals surface area contributed by atoms with Gasteiger partial charge in [-0.25, -0.2) is 8.42 Å². The molecule has 0 aliphatic heterocycles. The van der Waals surface area contributed by atoms with Crippen molar-refractivity contribution in [1.82, 2.24) is 10.2 Å². The maximum atomic E-state index is 13.9. The third-order valence-corrected chi connectivity index (χ3v) is 8.35. The number of rotatable bonds is 11. The minimum absolute atomic E-state index is 0.0103. The second-order valence-electron chi connectivity index (χ2n) is 8.32. The molecular formula is C27H29Cl2N3O5S. The van der Waals surface area contributed by atoms with E-state index in [9.17, 15) is 18.0 Å². The molecule has 3 aromatic rings. The van der Waals surface area contributed by atoms with Crippen molar-refractivity contribution in [3.63, 3.8) is 0 Å². The van der Waals surface area contributed by atoms with Crippen molar-refractivity contribution in [3.05, 3.63) is 88.4 Å². The highest BCUT2D eigenvalue weighted by atomic mass is 35.5. The summed E-state index contributed by atoms with van der Waals surface area (Å²) < 4.78 is 33.8. The summed E-state index contributed by atoms with van der Waals surface area (Å²) in [6.45, 7) is 1.21. The van der Waals surface area contributed by atoms with E-state index in [4.69, 9.17) is 27.9 Å². The van der Waals surface area contributed by atoms with E-state index < -0.39 is 28.5 Å². The fraction of sp³-hybridized carbons (Fsp3) is 0.259. The molecule has 2 amide bonds. The maximum absolute atomic E-state index is 13.9. The van der Waals surface area contributed by atoms with Crippen LogP contribution in [0.5, 0.6) is 5.75 Å². The number of halogens is 2. The van der Waals surface area contributed by atoms with Crippen molar-refractivity contribution >= 4 is 50.7 Å². The van der Waals surface area contributed by atoms with E-state index in [0.717, 1.165) is 4.31 Å². The third kappa shape index (κ3) is 6.78. The lowest BCUT2D eigenvalue weighted by atomic mass is 10.1. The van der Waals surface area contributed by atoms with Crippen LogP contribution in [0.15, 0.2) is 77.7 Å². The first-order valence-corrected chi connectivity index (χ1v) is 14.0. The number of amides is 2. The molecule has 8 nitrogen and oxygen atoms in total. The normalized spacial score (nSPS) is 11.9. The molecule has 0 spiro atoms. The first kappa shape index (κ1) is 29.3. The number of benzene rings is 3. The van der Waals surface area contributed by atoms with Crippen LogP contribution in [0.3, 0.4) is 0 Å². The third-order valence-electron chi connectivity index (χ3n) is 5.95. The predicted octanol–water partition coefficient (Wildman–Crippen LogP) is 4.75. The fourth-order valence-corrected chi connectivity index (χ4v) is 5.72. The summed E-state index contributed by atoms with van der Waals surface area (Å²) in [5.74, 6) is -0.478. The Morgan fingerprint density at radius 1 is 1.00 bits per heavy atom. The zero-order valence-corrected chi connectivity index (χ0v) is 23.6. The van der Waals surface area contributed by atoms with Gasteiger partial charge < -0.3 is 15.0 Å². The highest BCUT2D eigenvalue weighted by Gasteiger charge is 2.33. The van der Waals surface area contributed by atoms with Crippen LogP contribution in [0.1, 0.15) is 18.9 Å². The minimum Gasteiger partial charge on any atom is -0.497 e. The number of sulfonamides is 1.